The number of carboxylic acid groups (broad SMARTS) is 1. The quantitative estimate of drug-likeness (QED) is 0.583. The van der Waals surface area contributed by atoms with Gasteiger partial charge >= 0.3 is 5.97 Å². The molecule has 0 saturated heterocycles. The van der Waals surface area contributed by atoms with Crippen molar-refractivity contribution in [3.05, 3.63) is 11.0 Å². The smallest absolute Gasteiger partial charge is 0.307 e. The van der Waals surface area contributed by atoms with Crippen molar-refractivity contribution in [2.45, 2.75) is 33.6 Å². The van der Waals surface area contributed by atoms with Crippen molar-refractivity contribution in [2.24, 2.45) is 17.3 Å². The Balaban J connectivity index is 2.62. The summed E-state index contributed by atoms with van der Waals surface area (Å²) in [6.45, 7) is 6.00. The second-order valence-corrected chi connectivity index (χ2v) is 6.14. The number of carbonyl (C=O) groups is 1. The first-order valence-corrected chi connectivity index (χ1v) is 6.91. The molecule has 0 aromatic heterocycles. The van der Waals surface area contributed by atoms with Gasteiger partial charge in [0.05, 0.1) is 10.8 Å². The largest absolute Gasteiger partial charge is 0.481 e. The molecule has 2 atom stereocenters. The van der Waals surface area contributed by atoms with Crippen LogP contribution in [0.15, 0.2) is 11.0 Å². The summed E-state index contributed by atoms with van der Waals surface area (Å²) in [5.41, 5.74) is -0.209. The minimum Gasteiger partial charge on any atom is -0.481 e. The van der Waals surface area contributed by atoms with Gasteiger partial charge in [-0.3, -0.25) is 4.79 Å². The predicted molar refractivity (Wildman–Crippen MR) is 69.5 cm³/mol. The number of aliphatic carboxylic acids is 1. The van der Waals surface area contributed by atoms with E-state index in [0.717, 1.165) is 18.6 Å². The van der Waals surface area contributed by atoms with E-state index in [9.17, 15) is 4.79 Å². The van der Waals surface area contributed by atoms with Gasteiger partial charge in [-0.1, -0.05) is 33.3 Å². The number of nitrogens with zero attached hydrogens (tertiary/aromatic N) is 1. The van der Waals surface area contributed by atoms with E-state index in [2.05, 4.69) is 13.0 Å². The monoisotopic (exact) mass is 253 g/mol. The highest BCUT2D eigenvalue weighted by molar-refractivity contribution is 8.03. The SMILES string of the molecule is CCCCSC(C#N)=CC1[C@@H](C(=O)O)C1(C)C. The average Bonchev–Trinajstić information content (AvgIpc) is 2.79. The lowest BCUT2D eigenvalue weighted by Crippen LogP contribution is -2.03. The number of rotatable bonds is 6. The highest BCUT2D eigenvalue weighted by atomic mass is 32.2. The van der Waals surface area contributed by atoms with Gasteiger partial charge in [0, 0.05) is 0 Å². The van der Waals surface area contributed by atoms with Crippen LogP contribution in [0.5, 0.6) is 0 Å². The Morgan fingerprint density at radius 1 is 1.59 bits per heavy atom. The number of unbranched alkanes of at least 4 members (excludes halogenated alkanes) is 1. The highest BCUT2D eigenvalue weighted by Gasteiger charge is 2.61. The van der Waals surface area contributed by atoms with Crippen LogP contribution in [0, 0.1) is 28.6 Å². The van der Waals surface area contributed by atoms with E-state index in [1.54, 1.807) is 0 Å². The van der Waals surface area contributed by atoms with Crippen LogP contribution in [0.25, 0.3) is 0 Å². The fourth-order valence-corrected chi connectivity index (χ4v) is 3.03. The molecule has 0 bridgehead atoms. The lowest BCUT2D eigenvalue weighted by atomic mass is 10.1. The first kappa shape index (κ1) is 14.1. The summed E-state index contributed by atoms with van der Waals surface area (Å²) >= 11 is 1.54. The summed E-state index contributed by atoms with van der Waals surface area (Å²) in [5, 5.41) is 18.1. The zero-order valence-electron chi connectivity index (χ0n) is 10.6. The Hall–Kier alpha value is -0.950. The second kappa shape index (κ2) is 5.59. The molecule has 0 aromatic rings. The maximum absolute atomic E-state index is 11.0. The fraction of sp³-hybridized carbons (Fsp3) is 0.692. The van der Waals surface area contributed by atoms with Crippen LogP contribution in [-0.4, -0.2) is 16.8 Å². The first-order valence-electron chi connectivity index (χ1n) is 5.92. The Bertz CT molecular complexity index is 368. The minimum absolute atomic E-state index is 0.00350. The molecule has 1 fully saturated rings. The van der Waals surface area contributed by atoms with E-state index in [0.29, 0.717) is 4.91 Å². The van der Waals surface area contributed by atoms with Gasteiger partial charge < -0.3 is 5.11 Å². The van der Waals surface area contributed by atoms with Gasteiger partial charge in [-0.15, -0.1) is 11.8 Å². The second-order valence-electron chi connectivity index (χ2n) is 5.01. The van der Waals surface area contributed by atoms with Crippen molar-refractivity contribution in [1.29, 1.82) is 5.26 Å². The van der Waals surface area contributed by atoms with E-state index in [4.69, 9.17) is 10.4 Å². The molecule has 1 N–H and O–H groups in total. The molecule has 1 aliphatic carbocycles. The summed E-state index contributed by atoms with van der Waals surface area (Å²) in [5.74, 6) is -0.158. The molecule has 4 heteroatoms. The Morgan fingerprint density at radius 2 is 2.24 bits per heavy atom. The van der Waals surface area contributed by atoms with Crippen LogP contribution >= 0.6 is 11.8 Å². The molecule has 1 saturated carbocycles. The third kappa shape index (κ3) is 3.26. The number of hydrogen-bond donors (Lipinski definition) is 1. The van der Waals surface area contributed by atoms with E-state index < -0.39 is 5.97 Å². The van der Waals surface area contributed by atoms with E-state index in [1.807, 2.05) is 19.9 Å². The van der Waals surface area contributed by atoms with Gasteiger partial charge in [0.25, 0.3) is 0 Å². The zero-order chi connectivity index (χ0) is 13.1. The van der Waals surface area contributed by atoms with Gasteiger partial charge in [0.2, 0.25) is 0 Å². The first-order chi connectivity index (χ1) is 7.95. The maximum atomic E-state index is 11.0. The molecule has 0 aromatic carbocycles. The van der Waals surface area contributed by atoms with Gasteiger partial charge in [0.1, 0.15) is 6.07 Å². The van der Waals surface area contributed by atoms with Crippen LogP contribution in [-0.2, 0) is 4.79 Å². The summed E-state index contributed by atoms with van der Waals surface area (Å²) < 4.78 is 0. The van der Waals surface area contributed by atoms with Gasteiger partial charge in [-0.05, 0) is 23.5 Å². The zero-order valence-corrected chi connectivity index (χ0v) is 11.4. The standard InChI is InChI=1S/C13H19NO2S/c1-4-5-6-17-9(8-14)7-10-11(12(15)16)13(10,2)3/h7,10-11H,4-6H2,1-3H3,(H,15,16)/t10?,11-/m0/s1. The predicted octanol–water partition coefficient (Wildman–Crippen LogP) is 3.28. The van der Waals surface area contributed by atoms with Crippen molar-refractivity contribution in [1.82, 2.24) is 0 Å². The maximum Gasteiger partial charge on any atom is 0.307 e. The molecule has 1 rings (SSSR count). The van der Waals surface area contributed by atoms with Crippen LogP contribution in [0.4, 0.5) is 0 Å². The third-order valence-corrected chi connectivity index (χ3v) is 4.40. The molecule has 0 heterocycles. The highest BCUT2D eigenvalue weighted by Crippen LogP contribution is 2.59. The number of carboxylic acids is 1. The van der Waals surface area contributed by atoms with Crippen LogP contribution in [0.1, 0.15) is 33.6 Å². The Morgan fingerprint density at radius 3 is 2.65 bits per heavy atom. The Labute approximate surface area is 107 Å². The molecule has 1 unspecified atom stereocenters. The summed E-state index contributed by atoms with van der Waals surface area (Å²) in [4.78, 5) is 11.7. The molecule has 0 aliphatic heterocycles. The lowest BCUT2D eigenvalue weighted by Gasteiger charge is -1.99. The number of thioether (sulfide) groups is 1. The Kier molecular flexibility index (Phi) is 4.64. The van der Waals surface area contributed by atoms with Crippen LogP contribution in [0.2, 0.25) is 0 Å². The average molecular weight is 253 g/mol. The number of nitriles is 1. The van der Waals surface area contributed by atoms with Crippen molar-refractivity contribution >= 4 is 17.7 Å². The van der Waals surface area contributed by atoms with Crippen LogP contribution in [0.3, 0.4) is 0 Å². The lowest BCUT2D eigenvalue weighted by molar-refractivity contribution is -0.139. The van der Waals surface area contributed by atoms with E-state index >= 15 is 0 Å². The van der Waals surface area contributed by atoms with Gasteiger partial charge in [0.15, 0.2) is 0 Å². The third-order valence-electron chi connectivity index (χ3n) is 3.37. The van der Waals surface area contributed by atoms with E-state index in [-0.39, 0.29) is 17.3 Å². The van der Waals surface area contributed by atoms with Crippen molar-refractivity contribution < 1.29 is 9.90 Å². The molecule has 0 amide bonds. The minimum atomic E-state index is -0.757. The molecule has 94 valence electrons. The normalized spacial score (nSPS) is 26.4. The van der Waals surface area contributed by atoms with Crippen molar-refractivity contribution in [3.63, 3.8) is 0 Å². The summed E-state index contributed by atoms with van der Waals surface area (Å²) in [6.07, 6.45) is 4.04. The molecular weight excluding hydrogens is 234 g/mol. The molecule has 0 spiro atoms. The van der Waals surface area contributed by atoms with Crippen LogP contribution < -0.4 is 0 Å². The number of hydrogen-bond acceptors (Lipinski definition) is 3. The van der Waals surface area contributed by atoms with Crippen molar-refractivity contribution in [3.8, 4) is 6.07 Å². The van der Waals surface area contributed by atoms with Gasteiger partial charge in [-0.2, -0.15) is 5.26 Å². The molecule has 3 nitrogen and oxygen atoms in total. The molecule has 1 aliphatic rings. The van der Waals surface area contributed by atoms with E-state index in [1.165, 1.54) is 11.8 Å². The topological polar surface area (TPSA) is 61.1 Å². The molecule has 0 radical (unpaired) electrons. The summed E-state index contributed by atoms with van der Waals surface area (Å²) in [6, 6.07) is 2.16. The summed E-state index contributed by atoms with van der Waals surface area (Å²) in [7, 11) is 0. The molecule has 17 heavy (non-hydrogen) atoms. The fourth-order valence-electron chi connectivity index (χ4n) is 2.07. The van der Waals surface area contributed by atoms with Crippen molar-refractivity contribution in [2.75, 3.05) is 5.75 Å². The number of allylic oxidation sites excluding steroid dienone is 2. The molecular formula is C13H19NO2S. The van der Waals surface area contributed by atoms with Gasteiger partial charge in [-0.25, -0.2) is 0 Å².